The molecule has 0 saturated heterocycles. The van der Waals surface area contributed by atoms with Gasteiger partial charge in [-0.05, 0) is 70.6 Å². The molecule has 0 aromatic heterocycles. The van der Waals surface area contributed by atoms with E-state index >= 15 is 0 Å². The van der Waals surface area contributed by atoms with E-state index in [1.807, 2.05) is 12.2 Å². The molecule has 82 heavy (non-hydrogen) atoms. The summed E-state index contributed by atoms with van der Waals surface area (Å²) in [4.78, 5) is 38.4. The molecule has 0 spiro atoms. The Bertz CT molecular complexity index is 1500. The fourth-order valence-corrected chi connectivity index (χ4v) is 10.6. The summed E-state index contributed by atoms with van der Waals surface area (Å²) < 4.78 is 16.9. The van der Waals surface area contributed by atoms with Crippen LogP contribution in [-0.2, 0) is 28.6 Å². The summed E-state index contributed by atoms with van der Waals surface area (Å²) in [7, 11) is 0. The molecule has 0 heterocycles. The van der Waals surface area contributed by atoms with Crippen LogP contribution in [0, 0.1) is 0 Å². The number of allylic oxidation sites excluding steroid dienone is 11. The highest BCUT2D eigenvalue weighted by atomic mass is 16.6. The van der Waals surface area contributed by atoms with Crippen molar-refractivity contribution < 1.29 is 28.6 Å². The predicted octanol–water partition coefficient (Wildman–Crippen LogP) is 24.8. The van der Waals surface area contributed by atoms with Crippen molar-refractivity contribution in [3.05, 3.63) is 72.9 Å². The van der Waals surface area contributed by atoms with Crippen LogP contribution in [0.15, 0.2) is 72.9 Å². The molecule has 0 saturated carbocycles. The average molecular weight is 1150 g/mol. The quantitative estimate of drug-likeness (QED) is 0.0261. The molecule has 1 unspecified atom stereocenters. The second kappa shape index (κ2) is 70.3. The first-order valence-electron chi connectivity index (χ1n) is 35.9. The highest BCUT2D eigenvalue weighted by molar-refractivity contribution is 5.72. The minimum absolute atomic E-state index is 0.102. The van der Waals surface area contributed by atoms with E-state index in [0.29, 0.717) is 12.8 Å². The Morgan fingerprint density at radius 3 is 0.841 bits per heavy atom. The van der Waals surface area contributed by atoms with Crippen molar-refractivity contribution in [1.82, 2.24) is 0 Å². The van der Waals surface area contributed by atoms with Crippen LogP contribution in [0.2, 0.25) is 0 Å². The number of hydrogen-bond acceptors (Lipinski definition) is 6. The van der Waals surface area contributed by atoms with Gasteiger partial charge in [0, 0.05) is 12.8 Å². The highest BCUT2D eigenvalue weighted by Crippen LogP contribution is 2.18. The van der Waals surface area contributed by atoms with E-state index in [4.69, 9.17) is 14.2 Å². The van der Waals surface area contributed by atoms with Crippen LogP contribution in [0.4, 0.5) is 0 Å². The monoisotopic (exact) mass is 1150 g/mol. The van der Waals surface area contributed by atoms with Gasteiger partial charge in [0.2, 0.25) is 0 Å². The Morgan fingerprint density at radius 2 is 0.524 bits per heavy atom. The molecule has 0 rings (SSSR count). The third-order valence-electron chi connectivity index (χ3n) is 16.0. The summed E-state index contributed by atoms with van der Waals surface area (Å²) in [5.41, 5.74) is 0. The number of esters is 3. The van der Waals surface area contributed by atoms with Crippen molar-refractivity contribution in [2.24, 2.45) is 0 Å². The molecule has 6 nitrogen and oxygen atoms in total. The van der Waals surface area contributed by atoms with Crippen molar-refractivity contribution in [3.8, 4) is 0 Å². The van der Waals surface area contributed by atoms with E-state index in [9.17, 15) is 14.4 Å². The first-order valence-corrected chi connectivity index (χ1v) is 35.9. The lowest BCUT2D eigenvalue weighted by Crippen LogP contribution is -2.30. The van der Waals surface area contributed by atoms with Gasteiger partial charge in [0.05, 0.1) is 6.42 Å². The second-order valence-electron chi connectivity index (χ2n) is 24.1. The molecular formula is C76H136O6. The minimum atomic E-state index is -0.816. The third-order valence-corrected chi connectivity index (χ3v) is 16.0. The second-order valence-corrected chi connectivity index (χ2v) is 24.1. The number of carbonyl (C=O) groups excluding carboxylic acids is 3. The molecule has 1 atom stereocenters. The van der Waals surface area contributed by atoms with Gasteiger partial charge in [-0.3, -0.25) is 14.4 Å². The minimum Gasteiger partial charge on any atom is -0.462 e. The number of rotatable bonds is 66. The van der Waals surface area contributed by atoms with E-state index in [-0.39, 0.29) is 31.6 Å². The van der Waals surface area contributed by atoms with Gasteiger partial charge in [-0.15, -0.1) is 0 Å². The van der Waals surface area contributed by atoms with Gasteiger partial charge in [-0.2, -0.15) is 0 Å². The molecule has 0 amide bonds. The van der Waals surface area contributed by atoms with Crippen LogP contribution < -0.4 is 0 Å². The van der Waals surface area contributed by atoms with Gasteiger partial charge in [-0.25, -0.2) is 0 Å². The van der Waals surface area contributed by atoms with Gasteiger partial charge in [-0.1, -0.05) is 357 Å². The lowest BCUT2D eigenvalue weighted by Gasteiger charge is -2.18. The Morgan fingerprint density at radius 1 is 0.268 bits per heavy atom. The maximum atomic E-state index is 13.0. The molecule has 0 fully saturated rings. The van der Waals surface area contributed by atoms with Crippen LogP contribution in [0.3, 0.4) is 0 Å². The summed E-state index contributed by atoms with van der Waals surface area (Å²) in [6, 6.07) is 0. The van der Waals surface area contributed by atoms with Crippen molar-refractivity contribution in [1.29, 1.82) is 0 Å². The zero-order valence-electron chi connectivity index (χ0n) is 54.8. The molecule has 0 aromatic carbocycles. The SMILES string of the molecule is CC/C=C\C/C=C\C/C=C\C/C=C\C/C=C\CC(=O)OCC(COC(=O)CCCCCCCCCCCCCCCCCCCCCCCCCCCC)OC(=O)CCCCCCCCCCCCC/C=C\CCCCCCCCCC. The molecule has 0 radical (unpaired) electrons. The van der Waals surface area contributed by atoms with Crippen molar-refractivity contribution in [3.63, 3.8) is 0 Å². The summed E-state index contributed by atoms with van der Waals surface area (Å²) in [6.45, 7) is 6.50. The molecule has 0 aliphatic heterocycles. The van der Waals surface area contributed by atoms with Crippen LogP contribution in [0.1, 0.15) is 374 Å². The Balaban J connectivity index is 4.31. The Labute approximate surface area is 510 Å². The van der Waals surface area contributed by atoms with Crippen LogP contribution in [0.5, 0.6) is 0 Å². The fourth-order valence-electron chi connectivity index (χ4n) is 10.6. The van der Waals surface area contributed by atoms with E-state index in [0.717, 1.165) is 70.6 Å². The molecule has 0 aliphatic carbocycles. The molecule has 0 N–H and O–H groups in total. The summed E-state index contributed by atoms with van der Waals surface area (Å²) in [5, 5.41) is 0. The van der Waals surface area contributed by atoms with Crippen LogP contribution in [-0.4, -0.2) is 37.2 Å². The molecule has 0 bridgehead atoms. The number of unbranched alkanes of at least 4 members (excludes halogenated alkanes) is 44. The van der Waals surface area contributed by atoms with Crippen molar-refractivity contribution in [2.75, 3.05) is 13.2 Å². The lowest BCUT2D eigenvalue weighted by atomic mass is 10.0. The molecular weight excluding hydrogens is 1010 g/mol. The lowest BCUT2D eigenvalue weighted by molar-refractivity contribution is -0.166. The normalized spacial score (nSPS) is 12.5. The molecule has 476 valence electrons. The zero-order valence-corrected chi connectivity index (χ0v) is 54.8. The molecule has 6 heteroatoms. The van der Waals surface area contributed by atoms with Gasteiger partial charge in [0.25, 0.3) is 0 Å². The van der Waals surface area contributed by atoms with Gasteiger partial charge in [0.1, 0.15) is 13.2 Å². The number of ether oxygens (including phenoxy) is 3. The van der Waals surface area contributed by atoms with E-state index in [1.54, 1.807) is 0 Å². The molecule has 0 aromatic rings. The highest BCUT2D eigenvalue weighted by Gasteiger charge is 2.19. The van der Waals surface area contributed by atoms with Gasteiger partial charge >= 0.3 is 17.9 Å². The van der Waals surface area contributed by atoms with E-state index in [2.05, 4.69) is 81.5 Å². The zero-order chi connectivity index (χ0) is 59.2. The average Bonchev–Trinajstić information content (AvgIpc) is 3.47. The van der Waals surface area contributed by atoms with Gasteiger partial charge < -0.3 is 14.2 Å². The largest absolute Gasteiger partial charge is 0.462 e. The first-order chi connectivity index (χ1) is 40.5. The number of hydrogen-bond donors (Lipinski definition) is 0. The van der Waals surface area contributed by atoms with Crippen molar-refractivity contribution in [2.45, 2.75) is 380 Å². The fraction of sp³-hybridized carbons (Fsp3) is 0.803. The Hall–Kier alpha value is -3.15. The van der Waals surface area contributed by atoms with Crippen molar-refractivity contribution >= 4 is 17.9 Å². The maximum absolute atomic E-state index is 13.0. The standard InChI is InChI=1S/C76H136O6/c1-4-7-10-13-16-19-22-25-28-30-32-34-36-37-38-40-41-43-45-48-51-54-57-60-63-66-69-75(78)81-72-73(71-80-74(77)68-65-62-59-56-53-50-47-27-24-21-18-15-12-9-6-3)82-76(79)70-67-64-61-58-55-52-49-46-44-42-39-35-33-31-29-26-23-20-17-14-11-8-5-2/h9,12,18,21,27,31,33,47,53,56,62,65,73H,4-8,10-11,13-17,19-20,22-26,28-30,32,34-46,48-52,54-55,57-61,63-64,66-72H2,1-3H3/b12-9-,21-18-,33-31-,47-27-,56-53-,65-62-. The predicted molar refractivity (Wildman–Crippen MR) is 358 cm³/mol. The third kappa shape index (κ3) is 67.6. The van der Waals surface area contributed by atoms with Crippen LogP contribution in [0.25, 0.3) is 0 Å². The maximum Gasteiger partial charge on any atom is 0.309 e. The summed E-state index contributed by atoms with van der Waals surface area (Å²) >= 11 is 0. The molecule has 0 aliphatic rings. The van der Waals surface area contributed by atoms with E-state index < -0.39 is 12.1 Å². The van der Waals surface area contributed by atoms with Gasteiger partial charge in [0.15, 0.2) is 6.10 Å². The Kier molecular flexibility index (Phi) is 67.6. The summed E-state index contributed by atoms with van der Waals surface area (Å²) in [5.74, 6) is -1.02. The number of carbonyl (C=O) groups is 3. The first kappa shape index (κ1) is 78.8. The smallest absolute Gasteiger partial charge is 0.309 e. The van der Waals surface area contributed by atoms with E-state index in [1.165, 1.54) is 263 Å². The summed E-state index contributed by atoms with van der Waals surface area (Å²) in [6.07, 6.45) is 92.6. The van der Waals surface area contributed by atoms with Crippen LogP contribution >= 0.6 is 0 Å². The topological polar surface area (TPSA) is 78.9 Å².